The molecule has 0 radical (unpaired) electrons. The Morgan fingerprint density at radius 3 is 2.39 bits per heavy atom. The summed E-state index contributed by atoms with van der Waals surface area (Å²) in [6, 6.07) is 16.2. The fourth-order valence-electron chi connectivity index (χ4n) is 2.64. The first kappa shape index (κ1) is 17.1. The molecular formula is C18H22N2O3. The fourth-order valence-corrected chi connectivity index (χ4v) is 2.64. The lowest BCUT2D eigenvalue weighted by Gasteiger charge is -2.22. The number of nitro groups is 1. The highest BCUT2D eigenvalue weighted by molar-refractivity contribution is 5.35. The zero-order chi connectivity index (χ0) is 16.8. The number of rotatable bonds is 7. The maximum absolute atomic E-state index is 10.9. The van der Waals surface area contributed by atoms with Gasteiger partial charge >= 0.3 is 0 Å². The largest absolute Gasteiger partial charge is 0.388 e. The van der Waals surface area contributed by atoms with Crippen LogP contribution in [0.4, 0.5) is 5.69 Å². The molecule has 0 bridgehead atoms. The van der Waals surface area contributed by atoms with Crippen LogP contribution in [0.15, 0.2) is 54.6 Å². The van der Waals surface area contributed by atoms with Crippen LogP contribution < -0.4 is 5.32 Å². The van der Waals surface area contributed by atoms with Crippen molar-refractivity contribution < 1.29 is 10.0 Å². The van der Waals surface area contributed by atoms with E-state index in [1.165, 1.54) is 6.07 Å². The van der Waals surface area contributed by atoms with Gasteiger partial charge in [-0.25, -0.2) is 0 Å². The Hall–Kier alpha value is -2.24. The molecule has 0 aromatic heterocycles. The van der Waals surface area contributed by atoms with Gasteiger partial charge < -0.3 is 10.4 Å². The molecule has 0 aliphatic carbocycles. The van der Waals surface area contributed by atoms with Crippen LogP contribution in [0.5, 0.6) is 0 Å². The average molecular weight is 314 g/mol. The summed E-state index contributed by atoms with van der Waals surface area (Å²) >= 11 is 0. The van der Waals surface area contributed by atoms with Gasteiger partial charge in [-0.05, 0) is 31.4 Å². The van der Waals surface area contributed by atoms with Gasteiger partial charge in [0.25, 0.3) is 5.69 Å². The quantitative estimate of drug-likeness (QED) is 0.603. The molecule has 0 amide bonds. The van der Waals surface area contributed by atoms with E-state index in [9.17, 15) is 15.2 Å². The van der Waals surface area contributed by atoms with Crippen molar-refractivity contribution >= 4 is 5.69 Å². The minimum atomic E-state index is -0.531. The number of nitrogens with zero attached hydrogens (tertiary/aromatic N) is 1. The molecule has 5 heteroatoms. The highest BCUT2D eigenvalue weighted by atomic mass is 16.6. The Morgan fingerprint density at radius 2 is 1.74 bits per heavy atom. The fraction of sp³-hybridized carbons (Fsp3) is 0.333. The van der Waals surface area contributed by atoms with Crippen molar-refractivity contribution in [2.24, 2.45) is 0 Å². The maximum atomic E-state index is 10.9. The second-order valence-electron chi connectivity index (χ2n) is 5.80. The third-order valence-electron chi connectivity index (χ3n) is 3.88. The van der Waals surface area contributed by atoms with Crippen molar-refractivity contribution in [3.8, 4) is 0 Å². The molecule has 2 rings (SSSR count). The summed E-state index contributed by atoms with van der Waals surface area (Å²) in [5, 5.41) is 24.5. The molecule has 0 saturated heterocycles. The van der Waals surface area contributed by atoms with Crippen LogP contribution in [-0.2, 0) is 0 Å². The van der Waals surface area contributed by atoms with Gasteiger partial charge in [0.2, 0.25) is 0 Å². The molecule has 0 spiro atoms. The topological polar surface area (TPSA) is 75.4 Å². The Bertz CT molecular complexity index is 646. The predicted molar refractivity (Wildman–Crippen MR) is 90.1 cm³/mol. The molecule has 0 fully saturated rings. The molecule has 0 aliphatic heterocycles. The molecule has 2 N–H and O–H groups in total. The van der Waals surface area contributed by atoms with Crippen molar-refractivity contribution in [2.45, 2.75) is 38.5 Å². The smallest absolute Gasteiger partial charge is 0.269 e. The summed E-state index contributed by atoms with van der Waals surface area (Å²) in [6.45, 7) is 3.96. The summed E-state index contributed by atoms with van der Waals surface area (Å²) in [4.78, 5) is 10.5. The second-order valence-corrected chi connectivity index (χ2v) is 5.80. The first-order chi connectivity index (χ1) is 11.0. The summed E-state index contributed by atoms with van der Waals surface area (Å²) in [5.41, 5.74) is 1.84. The van der Waals surface area contributed by atoms with E-state index < -0.39 is 11.0 Å². The third-order valence-corrected chi connectivity index (χ3v) is 3.88. The predicted octanol–water partition coefficient (Wildman–Crippen LogP) is 3.76. The standard InChI is InChI=1S/C18H22N2O3/c1-13(11-18(21)15-7-4-3-5-8-15)19-14(2)16-9-6-10-17(12-16)20(22)23/h3-10,12-14,18-19,21H,11H2,1-2H3. The number of aliphatic hydroxyl groups is 1. The minimum Gasteiger partial charge on any atom is -0.388 e. The van der Waals surface area contributed by atoms with Gasteiger partial charge in [-0.1, -0.05) is 42.5 Å². The van der Waals surface area contributed by atoms with E-state index in [0.29, 0.717) is 6.42 Å². The van der Waals surface area contributed by atoms with Gasteiger partial charge in [0.05, 0.1) is 11.0 Å². The molecule has 23 heavy (non-hydrogen) atoms. The van der Waals surface area contributed by atoms with Crippen molar-refractivity contribution in [2.75, 3.05) is 0 Å². The summed E-state index contributed by atoms with van der Waals surface area (Å²) in [7, 11) is 0. The molecule has 122 valence electrons. The van der Waals surface area contributed by atoms with Crippen molar-refractivity contribution in [3.05, 3.63) is 75.8 Å². The number of non-ortho nitro benzene ring substituents is 1. The van der Waals surface area contributed by atoms with E-state index >= 15 is 0 Å². The molecule has 2 aromatic rings. The van der Waals surface area contributed by atoms with Crippen LogP contribution in [-0.4, -0.2) is 16.1 Å². The number of hydrogen-bond acceptors (Lipinski definition) is 4. The van der Waals surface area contributed by atoms with Crippen LogP contribution in [0.3, 0.4) is 0 Å². The zero-order valence-corrected chi connectivity index (χ0v) is 13.3. The summed E-state index contributed by atoms with van der Waals surface area (Å²) in [6.07, 6.45) is 0.0412. The van der Waals surface area contributed by atoms with E-state index in [2.05, 4.69) is 5.32 Å². The molecule has 3 atom stereocenters. The van der Waals surface area contributed by atoms with E-state index in [0.717, 1.165) is 11.1 Å². The Balaban J connectivity index is 1.95. The molecule has 0 saturated carbocycles. The lowest BCUT2D eigenvalue weighted by Crippen LogP contribution is -2.30. The molecule has 0 aliphatic rings. The van der Waals surface area contributed by atoms with E-state index in [-0.39, 0.29) is 17.8 Å². The van der Waals surface area contributed by atoms with Gasteiger partial charge in [0, 0.05) is 24.2 Å². The Labute approximate surface area is 136 Å². The third kappa shape index (κ3) is 4.87. The lowest BCUT2D eigenvalue weighted by atomic mass is 10.0. The number of nitrogens with one attached hydrogen (secondary N) is 1. The average Bonchev–Trinajstić information content (AvgIpc) is 2.55. The highest BCUT2D eigenvalue weighted by Gasteiger charge is 2.16. The first-order valence-electron chi connectivity index (χ1n) is 7.70. The molecular weight excluding hydrogens is 292 g/mol. The van der Waals surface area contributed by atoms with Crippen LogP contribution in [0, 0.1) is 10.1 Å². The minimum absolute atomic E-state index is 0.0344. The normalized spacial score (nSPS) is 14.9. The van der Waals surface area contributed by atoms with Crippen LogP contribution in [0.2, 0.25) is 0 Å². The van der Waals surface area contributed by atoms with Gasteiger partial charge in [-0.2, -0.15) is 0 Å². The lowest BCUT2D eigenvalue weighted by molar-refractivity contribution is -0.384. The van der Waals surface area contributed by atoms with Crippen LogP contribution >= 0.6 is 0 Å². The van der Waals surface area contributed by atoms with Crippen LogP contribution in [0.1, 0.15) is 43.5 Å². The Kier molecular flexibility index (Phi) is 5.84. The zero-order valence-electron chi connectivity index (χ0n) is 13.3. The second kappa shape index (κ2) is 7.85. The number of nitro benzene ring substituents is 1. The molecule has 3 unspecified atom stereocenters. The number of benzene rings is 2. The van der Waals surface area contributed by atoms with E-state index in [1.807, 2.05) is 50.2 Å². The first-order valence-corrected chi connectivity index (χ1v) is 7.70. The van der Waals surface area contributed by atoms with Gasteiger partial charge in [0.1, 0.15) is 0 Å². The molecule has 5 nitrogen and oxygen atoms in total. The van der Waals surface area contributed by atoms with Crippen molar-refractivity contribution in [1.29, 1.82) is 0 Å². The van der Waals surface area contributed by atoms with Crippen LogP contribution in [0.25, 0.3) is 0 Å². The molecule has 2 aromatic carbocycles. The summed E-state index contributed by atoms with van der Waals surface area (Å²) in [5.74, 6) is 0. The number of hydrogen-bond donors (Lipinski definition) is 2. The van der Waals surface area contributed by atoms with Crippen molar-refractivity contribution in [1.82, 2.24) is 5.32 Å². The SMILES string of the molecule is CC(CC(O)c1ccccc1)NC(C)c1cccc([N+](=O)[O-])c1. The van der Waals surface area contributed by atoms with E-state index in [4.69, 9.17) is 0 Å². The van der Waals surface area contributed by atoms with Gasteiger partial charge in [0.15, 0.2) is 0 Å². The Morgan fingerprint density at radius 1 is 1.09 bits per heavy atom. The monoisotopic (exact) mass is 314 g/mol. The summed E-state index contributed by atoms with van der Waals surface area (Å²) < 4.78 is 0. The maximum Gasteiger partial charge on any atom is 0.269 e. The molecule has 0 heterocycles. The number of aliphatic hydroxyl groups excluding tert-OH is 1. The van der Waals surface area contributed by atoms with Gasteiger partial charge in [-0.3, -0.25) is 10.1 Å². The van der Waals surface area contributed by atoms with Gasteiger partial charge in [-0.15, -0.1) is 0 Å². The van der Waals surface area contributed by atoms with E-state index in [1.54, 1.807) is 12.1 Å². The van der Waals surface area contributed by atoms with Crippen molar-refractivity contribution in [3.63, 3.8) is 0 Å². The highest BCUT2D eigenvalue weighted by Crippen LogP contribution is 2.22.